The fourth-order valence-electron chi connectivity index (χ4n) is 7.33. The molecule has 3 aromatic heterocycles. The second kappa shape index (κ2) is 15.3. The molecule has 0 saturated heterocycles. The van der Waals surface area contributed by atoms with Crippen LogP contribution in [0.25, 0.3) is 56.5 Å². The summed E-state index contributed by atoms with van der Waals surface area (Å²) in [6.07, 6.45) is 9.82. The van der Waals surface area contributed by atoms with Crippen molar-refractivity contribution in [1.82, 2.24) is 19.9 Å². The Kier molecular flexibility index (Phi) is 11.1. The van der Waals surface area contributed by atoms with Crippen molar-refractivity contribution in [2.24, 2.45) is 0 Å². The molecule has 0 fully saturated rings. The van der Waals surface area contributed by atoms with Gasteiger partial charge in [-0.15, -0.1) is 0 Å². The lowest BCUT2D eigenvalue weighted by Gasteiger charge is -2.05. The maximum Gasteiger partial charge on any atom is 0.330 e. The van der Waals surface area contributed by atoms with Crippen molar-refractivity contribution >= 4 is 68.4 Å². The molecule has 0 radical (unpaired) electrons. The molecule has 0 spiro atoms. The summed E-state index contributed by atoms with van der Waals surface area (Å²) >= 11 is 0. The summed E-state index contributed by atoms with van der Waals surface area (Å²) in [7, 11) is 0. The van der Waals surface area contributed by atoms with Gasteiger partial charge in [0.15, 0.2) is 0 Å². The molecule has 5 heterocycles. The largest absolute Gasteiger partial charge is 0.463 e. The number of aromatic nitrogens is 4. The molecule has 0 amide bonds. The van der Waals surface area contributed by atoms with E-state index in [1.165, 1.54) is 23.3 Å². The smallest absolute Gasteiger partial charge is 0.330 e. The van der Waals surface area contributed by atoms with Gasteiger partial charge in [-0.2, -0.15) is 0 Å². The number of aromatic amines is 2. The number of fused-ring (bicyclic) bond motifs is 8. The van der Waals surface area contributed by atoms with E-state index in [1.807, 2.05) is 12.2 Å². The number of rotatable bonds is 10. The van der Waals surface area contributed by atoms with Gasteiger partial charge < -0.3 is 19.4 Å². The van der Waals surface area contributed by atoms with Crippen molar-refractivity contribution in [3.05, 3.63) is 80.4 Å². The minimum Gasteiger partial charge on any atom is -0.463 e. The van der Waals surface area contributed by atoms with E-state index < -0.39 is 11.9 Å². The third-order valence-corrected chi connectivity index (χ3v) is 9.91. The van der Waals surface area contributed by atoms with Crippen LogP contribution in [0.1, 0.15) is 124 Å². The standard InChI is InChI=1S/C42H50N4O4/c1-11-27-25(9)39-31(17-19-37(47)49-15-5)41-30(14-4)24(8)34(44-41)22-36-28(12-2)26(10)40(46-36)32(18-20-38(48)50-16-6)42-29(13-3)23(7)33(43-42)21-35(27)45-39/h17-22,45-46H,11-16H2,1-10H3/b19-17+,20-18+,33-21?,34-22?,35-21?,36-22?,39-31?,40-32?,41-31?,42-32?. The molecule has 0 atom stereocenters. The number of ether oxygens (including phenoxy) is 2. The van der Waals surface area contributed by atoms with Gasteiger partial charge in [-0.3, -0.25) is 0 Å². The van der Waals surface area contributed by atoms with E-state index in [2.05, 4.69) is 77.5 Å². The second-order valence-corrected chi connectivity index (χ2v) is 12.6. The zero-order valence-corrected chi connectivity index (χ0v) is 31.2. The highest BCUT2D eigenvalue weighted by molar-refractivity contribution is 6.01. The normalized spacial score (nSPS) is 13.3. The van der Waals surface area contributed by atoms with Crippen LogP contribution in [0.2, 0.25) is 0 Å². The van der Waals surface area contributed by atoms with E-state index in [9.17, 15) is 9.59 Å². The summed E-state index contributed by atoms with van der Waals surface area (Å²) < 4.78 is 10.6. The Labute approximate surface area is 295 Å². The Morgan fingerprint density at radius 1 is 0.620 bits per heavy atom. The summed E-state index contributed by atoms with van der Waals surface area (Å²) in [5.41, 5.74) is 17.8. The van der Waals surface area contributed by atoms with Crippen LogP contribution in [0.5, 0.6) is 0 Å². The average molecular weight is 675 g/mol. The number of hydrogen-bond donors (Lipinski definition) is 2. The Hall–Kier alpha value is -4.98. The van der Waals surface area contributed by atoms with E-state index in [0.717, 1.165) is 115 Å². The van der Waals surface area contributed by atoms with E-state index in [4.69, 9.17) is 19.4 Å². The van der Waals surface area contributed by atoms with Crippen LogP contribution < -0.4 is 0 Å². The number of esters is 2. The minimum absolute atomic E-state index is 0.301. The van der Waals surface area contributed by atoms with Crippen molar-refractivity contribution in [2.45, 2.75) is 94.9 Å². The number of carbonyl (C=O) groups is 2. The maximum atomic E-state index is 12.6. The van der Waals surface area contributed by atoms with E-state index in [1.54, 1.807) is 13.8 Å². The molecular weight excluding hydrogens is 624 g/mol. The highest BCUT2D eigenvalue weighted by atomic mass is 16.5. The Balaban J connectivity index is 2.07. The lowest BCUT2D eigenvalue weighted by atomic mass is 9.98. The first-order valence-corrected chi connectivity index (χ1v) is 17.9. The summed E-state index contributed by atoms with van der Waals surface area (Å²) in [6, 6.07) is 4.26. The monoisotopic (exact) mass is 674 g/mol. The number of allylic oxidation sites excluding steroid dienone is 4. The van der Waals surface area contributed by atoms with Gasteiger partial charge in [-0.1, -0.05) is 27.7 Å². The molecule has 3 aromatic rings. The topological polar surface area (TPSA) is 110 Å². The lowest BCUT2D eigenvalue weighted by Crippen LogP contribution is -1.99. The maximum absolute atomic E-state index is 12.6. The molecule has 0 aliphatic carbocycles. The van der Waals surface area contributed by atoms with Crippen LogP contribution in [0.15, 0.2) is 24.3 Å². The molecule has 5 rings (SSSR count). The summed E-state index contributed by atoms with van der Waals surface area (Å²) in [5.74, 6) is -0.788. The fraction of sp³-hybridized carbons (Fsp3) is 0.381. The fourth-order valence-corrected chi connectivity index (χ4v) is 7.33. The van der Waals surface area contributed by atoms with Crippen LogP contribution in [-0.4, -0.2) is 45.1 Å². The predicted molar refractivity (Wildman–Crippen MR) is 206 cm³/mol. The van der Waals surface area contributed by atoms with Crippen LogP contribution in [0.3, 0.4) is 0 Å². The van der Waals surface area contributed by atoms with Gasteiger partial charge in [0.2, 0.25) is 0 Å². The highest BCUT2D eigenvalue weighted by Crippen LogP contribution is 2.40. The van der Waals surface area contributed by atoms with Crippen LogP contribution in [0, 0.1) is 13.8 Å². The van der Waals surface area contributed by atoms with Crippen molar-refractivity contribution in [1.29, 1.82) is 0 Å². The van der Waals surface area contributed by atoms with Gasteiger partial charge in [0.05, 0.1) is 47.0 Å². The molecule has 0 unspecified atom stereocenters. The molecule has 8 bridgehead atoms. The van der Waals surface area contributed by atoms with Crippen molar-refractivity contribution in [3.63, 3.8) is 0 Å². The van der Waals surface area contributed by atoms with Crippen LogP contribution in [0.4, 0.5) is 0 Å². The van der Waals surface area contributed by atoms with Gasteiger partial charge in [-0.05, 0) is 136 Å². The van der Waals surface area contributed by atoms with Gasteiger partial charge >= 0.3 is 11.9 Å². The van der Waals surface area contributed by atoms with Gasteiger partial charge in [-0.25, -0.2) is 19.6 Å². The SMILES string of the molecule is CCOC(=O)/C=C/c1c2nc(cc3[nH]c(c(C)c3CC)c(/C=C/C(=O)OCC)c3nc(cc4[nH]c1c(C)c4CC)C(C)=C3CC)C(C)=C2CC. The predicted octanol–water partition coefficient (Wildman–Crippen LogP) is 9.89. The van der Waals surface area contributed by atoms with Crippen LogP contribution in [-0.2, 0) is 31.9 Å². The Morgan fingerprint density at radius 2 is 1.00 bits per heavy atom. The van der Waals surface area contributed by atoms with E-state index in [0.29, 0.717) is 13.2 Å². The molecular formula is C42H50N4O4. The number of nitrogens with one attached hydrogen (secondary N) is 2. The quantitative estimate of drug-likeness (QED) is 0.164. The van der Waals surface area contributed by atoms with Crippen LogP contribution >= 0.6 is 0 Å². The molecule has 8 heteroatoms. The average Bonchev–Trinajstić information content (AvgIpc) is 3.78. The molecule has 0 aromatic carbocycles. The third-order valence-electron chi connectivity index (χ3n) is 9.91. The van der Waals surface area contributed by atoms with Gasteiger partial charge in [0.25, 0.3) is 0 Å². The molecule has 0 saturated carbocycles. The first-order valence-electron chi connectivity index (χ1n) is 17.9. The summed E-state index contributed by atoms with van der Waals surface area (Å²) in [5, 5.41) is 0. The van der Waals surface area contributed by atoms with E-state index in [-0.39, 0.29) is 0 Å². The second-order valence-electron chi connectivity index (χ2n) is 12.6. The molecule has 50 heavy (non-hydrogen) atoms. The molecule has 2 aliphatic rings. The third kappa shape index (κ3) is 6.63. The summed E-state index contributed by atoms with van der Waals surface area (Å²) in [4.78, 5) is 43.4. The summed E-state index contributed by atoms with van der Waals surface area (Å²) in [6.45, 7) is 21.3. The molecule has 2 aliphatic heterocycles. The van der Waals surface area contributed by atoms with Crippen molar-refractivity contribution < 1.29 is 19.1 Å². The van der Waals surface area contributed by atoms with Crippen molar-refractivity contribution in [3.8, 4) is 0 Å². The Bertz CT molecular complexity index is 2000. The number of H-pyrrole nitrogens is 2. The number of carbonyl (C=O) groups excluding carboxylic acids is 2. The molecule has 262 valence electrons. The number of aryl methyl sites for hydroxylation is 4. The van der Waals surface area contributed by atoms with Gasteiger partial charge in [0, 0.05) is 34.3 Å². The first-order chi connectivity index (χ1) is 24.0. The zero-order chi connectivity index (χ0) is 36.3. The zero-order valence-electron chi connectivity index (χ0n) is 31.2. The first kappa shape index (κ1) is 36.3. The Morgan fingerprint density at radius 3 is 1.32 bits per heavy atom. The molecule has 8 nitrogen and oxygen atoms in total. The van der Waals surface area contributed by atoms with Gasteiger partial charge in [0.1, 0.15) is 0 Å². The molecule has 2 N–H and O–H groups in total. The highest BCUT2D eigenvalue weighted by Gasteiger charge is 2.24. The number of nitrogens with zero attached hydrogens (tertiary/aromatic N) is 2. The number of hydrogen-bond acceptors (Lipinski definition) is 6. The minimum atomic E-state index is -0.394. The van der Waals surface area contributed by atoms with E-state index >= 15 is 0 Å². The lowest BCUT2D eigenvalue weighted by molar-refractivity contribution is -0.138. The van der Waals surface area contributed by atoms with Crippen molar-refractivity contribution in [2.75, 3.05) is 13.2 Å².